The van der Waals surface area contributed by atoms with Crippen molar-refractivity contribution in [2.75, 3.05) is 13.1 Å². The van der Waals surface area contributed by atoms with E-state index in [1.165, 1.54) is 17.7 Å². The molecule has 1 saturated heterocycles. The number of aromatic nitrogens is 1. The van der Waals surface area contributed by atoms with Crippen LogP contribution >= 0.6 is 0 Å². The Kier molecular flexibility index (Phi) is 4.28. The van der Waals surface area contributed by atoms with Crippen molar-refractivity contribution < 1.29 is 9.64 Å². The summed E-state index contributed by atoms with van der Waals surface area (Å²) in [4.78, 5) is 18.0. The minimum Gasteiger partial charge on any atom is -0.457 e. The maximum Gasteiger partial charge on any atom is 0.198 e. The van der Waals surface area contributed by atoms with Crippen molar-refractivity contribution in [1.29, 1.82) is 0 Å². The van der Waals surface area contributed by atoms with E-state index in [1.807, 2.05) is 55.5 Å². The van der Waals surface area contributed by atoms with E-state index < -0.39 is 0 Å². The number of para-hydroxylation sites is 1. The normalized spacial score (nSPS) is 14.9. The highest BCUT2D eigenvalue weighted by Gasteiger charge is 2.20. The summed E-state index contributed by atoms with van der Waals surface area (Å²) in [6, 6.07) is 15.3. The van der Waals surface area contributed by atoms with Crippen molar-refractivity contribution in [3.8, 4) is 11.5 Å². The highest BCUT2D eigenvalue weighted by Crippen LogP contribution is 2.24. The number of likely N-dealkylation sites (tertiary alicyclic amines) is 1. The number of rotatable bonds is 4. The van der Waals surface area contributed by atoms with Crippen LogP contribution in [0, 0.1) is 6.92 Å². The van der Waals surface area contributed by atoms with Gasteiger partial charge in [0.25, 0.3) is 0 Å². The fourth-order valence-electron chi connectivity index (χ4n) is 3.63. The summed E-state index contributed by atoms with van der Waals surface area (Å²) in [5.41, 5.74) is 2.88. The molecule has 0 unspecified atom stereocenters. The molecule has 0 saturated carbocycles. The van der Waals surface area contributed by atoms with Crippen LogP contribution in [0.3, 0.4) is 0 Å². The standard InChI is InChI=1S/C21H22N2O2/c1-15-19(14-23-11-5-6-12-23)21(24)18-13-17(9-10-20(18)22-15)25-16-7-3-2-4-8-16/h2-4,7-10,13H,5-6,11-12,14H2,1H3,(H,22,24)/p+1. The summed E-state index contributed by atoms with van der Waals surface area (Å²) in [7, 11) is 0. The lowest BCUT2D eigenvalue weighted by Crippen LogP contribution is -3.08. The third kappa shape index (κ3) is 3.30. The number of hydrogen-bond donors (Lipinski definition) is 2. The second-order valence-corrected chi connectivity index (χ2v) is 6.81. The maximum atomic E-state index is 13.1. The molecule has 0 aliphatic carbocycles. The fraction of sp³-hybridized carbons (Fsp3) is 0.286. The lowest BCUT2D eigenvalue weighted by molar-refractivity contribution is -0.901. The van der Waals surface area contributed by atoms with Crippen LogP contribution < -0.4 is 15.1 Å². The molecule has 2 aromatic carbocycles. The van der Waals surface area contributed by atoms with E-state index in [0.29, 0.717) is 11.1 Å². The Morgan fingerprint density at radius 2 is 1.80 bits per heavy atom. The first-order valence-electron chi connectivity index (χ1n) is 8.93. The predicted octanol–water partition coefficient (Wildman–Crippen LogP) is 2.81. The van der Waals surface area contributed by atoms with E-state index in [-0.39, 0.29) is 5.43 Å². The zero-order valence-corrected chi connectivity index (χ0v) is 14.5. The Balaban J connectivity index is 1.71. The molecule has 128 valence electrons. The summed E-state index contributed by atoms with van der Waals surface area (Å²) in [6.07, 6.45) is 2.52. The van der Waals surface area contributed by atoms with E-state index in [2.05, 4.69) is 4.98 Å². The summed E-state index contributed by atoms with van der Waals surface area (Å²) < 4.78 is 5.89. The fourth-order valence-corrected chi connectivity index (χ4v) is 3.63. The number of fused-ring (bicyclic) bond motifs is 1. The number of quaternary nitrogens is 1. The van der Waals surface area contributed by atoms with E-state index in [0.717, 1.165) is 42.2 Å². The zero-order valence-electron chi connectivity index (χ0n) is 14.5. The van der Waals surface area contributed by atoms with Crippen LogP contribution in [0.2, 0.25) is 0 Å². The Labute approximate surface area is 147 Å². The van der Waals surface area contributed by atoms with Crippen molar-refractivity contribution in [3.05, 3.63) is 70.0 Å². The largest absolute Gasteiger partial charge is 0.457 e. The SMILES string of the molecule is Cc1[nH]c2ccc(Oc3ccccc3)cc2c(=O)c1C[NH+]1CCCC1. The second-order valence-electron chi connectivity index (χ2n) is 6.81. The van der Waals surface area contributed by atoms with Crippen molar-refractivity contribution in [2.45, 2.75) is 26.3 Å². The quantitative estimate of drug-likeness (QED) is 0.770. The molecule has 2 N–H and O–H groups in total. The van der Waals surface area contributed by atoms with Crippen LogP contribution in [-0.2, 0) is 6.54 Å². The molecule has 4 rings (SSSR count). The van der Waals surface area contributed by atoms with Gasteiger partial charge in [0.2, 0.25) is 0 Å². The molecule has 0 radical (unpaired) electrons. The minimum absolute atomic E-state index is 0.129. The van der Waals surface area contributed by atoms with Gasteiger partial charge in [-0.05, 0) is 37.3 Å². The molecule has 0 spiro atoms. The molecule has 4 nitrogen and oxygen atoms in total. The monoisotopic (exact) mass is 335 g/mol. The van der Waals surface area contributed by atoms with Gasteiger partial charge in [-0.1, -0.05) is 18.2 Å². The van der Waals surface area contributed by atoms with Crippen LogP contribution in [0.15, 0.2) is 53.3 Å². The molecule has 3 aromatic rings. The summed E-state index contributed by atoms with van der Waals surface area (Å²) >= 11 is 0. The predicted molar refractivity (Wildman–Crippen MR) is 99.5 cm³/mol. The molecule has 25 heavy (non-hydrogen) atoms. The molecular weight excluding hydrogens is 312 g/mol. The van der Waals surface area contributed by atoms with Crippen LogP contribution in [0.1, 0.15) is 24.1 Å². The summed E-state index contributed by atoms with van der Waals surface area (Å²) in [5.74, 6) is 1.46. The number of nitrogens with one attached hydrogen (secondary N) is 2. The lowest BCUT2D eigenvalue weighted by Gasteiger charge is -2.14. The summed E-state index contributed by atoms with van der Waals surface area (Å²) in [6.45, 7) is 5.13. The molecule has 1 aliphatic heterocycles. The molecule has 0 bridgehead atoms. The maximum absolute atomic E-state index is 13.1. The Morgan fingerprint density at radius 3 is 2.56 bits per heavy atom. The molecule has 1 fully saturated rings. The summed E-state index contributed by atoms with van der Waals surface area (Å²) in [5, 5.41) is 0.702. The molecular formula is C21H23N2O2+. The Morgan fingerprint density at radius 1 is 1.04 bits per heavy atom. The van der Waals surface area contributed by atoms with Crippen LogP contribution in [0.25, 0.3) is 10.9 Å². The number of hydrogen-bond acceptors (Lipinski definition) is 2. The highest BCUT2D eigenvalue weighted by molar-refractivity contribution is 5.81. The van der Waals surface area contributed by atoms with Gasteiger partial charge < -0.3 is 14.6 Å². The lowest BCUT2D eigenvalue weighted by atomic mass is 10.1. The topological polar surface area (TPSA) is 46.5 Å². The van der Waals surface area contributed by atoms with Gasteiger partial charge in [0.15, 0.2) is 5.43 Å². The van der Waals surface area contributed by atoms with Gasteiger partial charge in [0.1, 0.15) is 18.0 Å². The van der Waals surface area contributed by atoms with E-state index in [9.17, 15) is 4.79 Å². The first kappa shape index (κ1) is 15.9. The minimum atomic E-state index is 0.129. The number of ether oxygens (including phenoxy) is 1. The van der Waals surface area contributed by atoms with Gasteiger partial charge in [-0.25, -0.2) is 0 Å². The first-order chi connectivity index (χ1) is 12.2. The average molecular weight is 335 g/mol. The van der Waals surface area contributed by atoms with E-state index in [4.69, 9.17) is 4.74 Å². The third-order valence-electron chi connectivity index (χ3n) is 5.00. The molecule has 0 amide bonds. The van der Waals surface area contributed by atoms with Crippen molar-refractivity contribution in [2.24, 2.45) is 0 Å². The average Bonchev–Trinajstić information content (AvgIpc) is 3.13. The van der Waals surface area contributed by atoms with Crippen LogP contribution in [0.4, 0.5) is 0 Å². The number of benzene rings is 2. The molecule has 2 heterocycles. The molecule has 1 aromatic heterocycles. The van der Waals surface area contributed by atoms with Gasteiger partial charge in [0, 0.05) is 29.4 Å². The van der Waals surface area contributed by atoms with Crippen molar-refractivity contribution in [1.82, 2.24) is 4.98 Å². The number of aromatic amines is 1. The molecule has 4 heteroatoms. The van der Waals surface area contributed by atoms with Crippen molar-refractivity contribution in [3.63, 3.8) is 0 Å². The van der Waals surface area contributed by atoms with Gasteiger partial charge in [-0.2, -0.15) is 0 Å². The van der Waals surface area contributed by atoms with Gasteiger partial charge in [-0.3, -0.25) is 4.79 Å². The first-order valence-corrected chi connectivity index (χ1v) is 8.93. The van der Waals surface area contributed by atoms with Crippen molar-refractivity contribution >= 4 is 10.9 Å². The highest BCUT2D eigenvalue weighted by atomic mass is 16.5. The zero-order chi connectivity index (χ0) is 17.2. The van der Waals surface area contributed by atoms with E-state index >= 15 is 0 Å². The number of pyridine rings is 1. The number of H-pyrrole nitrogens is 1. The van der Waals surface area contributed by atoms with Gasteiger partial charge >= 0.3 is 0 Å². The van der Waals surface area contributed by atoms with Crippen LogP contribution in [-0.4, -0.2) is 18.1 Å². The number of aryl methyl sites for hydroxylation is 1. The Hall–Kier alpha value is -2.59. The molecule has 1 aliphatic rings. The van der Waals surface area contributed by atoms with Gasteiger partial charge in [0.05, 0.1) is 18.7 Å². The molecule has 0 atom stereocenters. The van der Waals surface area contributed by atoms with Gasteiger partial charge in [-0.15, -0.1) is 0 Å². The second kappa shape index (κ2) is 6.73. The van der Waals surface area contributed by atoms with E-state index in [1.54, 1.807) is 0 Å². The smallest absolute Gasteiger partial charge is 0.198 e. The Bertz CT molecular complexity index is 941. The third-order valence-corrected chi connectivity index (χ3v) is 5.00. The van der Waals surface area contributed by atoms with Crippen LogP contribution in [0.5, 0.6) is 11.5 Å².